The van der Waals surface area contributed by atoms with Crippen LogP contribution in [-0.4, -0.2) is 4.43 Å². The minimum atomic E-state index is 0.576. The molecule has 0 N–H and O–H groups in total. The van der Waals surface area contributed by atoms with E-state index in [1.165, 1.54) is 29.3 Å². The first-order valence-corrected chi connectivity index (χ1v) is 8.18. The Balaban J connectivity index is 2.39. The van der Waals surface area contributed by atoms with Crippen molar-refractivity contribution in [2.24, 2.45) is 5.92 Å². The smallest absolute Gasteiger partial charge is 0.0214 e. The van der Waals surface area contributed by atoms with Crippen molar-refractivity contribution in [3.8, 4) is 9.85 Å². The lowest BCUT2D eigenvalue weighted by Gasteiger charge is -2.09. The molecule has 1 aromatic rings. The van der Waals surface area contributed by atoms with Crippen LogP contribution in [-0.2, 0) is 6.42 Å². The molecule has 0 bridgehead atoms. The summed E-state index contributed by atoms with van der Waals surface area (Å²) in [7, 11) is 0. The minimum Gasteiger partial charge on any atom is -0.0885 e. The lowest BCUT2D eigenvalue weighted by atomic mass is 9.96. The van der Waals surface area contributed by atoms with E-state index in [4.69, 9.17) is 0 Å². The van der Waals surface area contributed by atoms with E-state index in [0.29, 0.717) is 5.92 Å². The Morgan fingerprint density at radius 1 is 1.12 bits per heavy atom. The van der Waals surface area contributed by atoms with Crippen molar-refractivity contribution in [1.82, 2.24) is 0 Å². The number of alkyl halides is 1. The lowest BCUT2D eigenvalue weighted by Crippen LogP contribution is -2.00. The van der Waals surface area contributed by atoms with Gasteiger partial charge in [-0.2, -0.15) is 0 Å². The van der Waals surface area contributed by atoms with Crippen molar-refractivity contribution in [3.63, 3.8) is 0 Å². The number of hydrogen-bond acceptors (Lipinski definition) is 0. The average molecular weight is 438 g/mol. The standard InChI is InChI=1S/C14H16I2/c15-11-4-7-14(10-12-16)9-8-13-5-2-1-3-6-13/h1-3,5-6,14H,4,7-9,11H2. The zero-order valence-corrected chi connectivity index (χ0v) is 13.6. The van der Waals surface area contributed by atoms with Crippen molar-refractivity contribution in [2.75, 3.05) is 4.43 Å². The molecule has 1 rings (SSSR count). The lowest BCUT2D eigenvalue weighted by molar-refractivity contribution is 0.558. The maximum Gasteiger partial charge on any atom is 0.0214 e. The SMILES string of the molecule is IC#CC(CCCI)CCc1ccccc1. The van der Waals surface area contributed by atoms with E-state index in [1.807, 2.05) is 0 Å². The van der Waals surface area contributed by atoms with Crippen LogP contribution in [0.4, 0.5) is 0 Å². The topological polar surface area (TPSA) is 0 Å². The summed E-state index contributed by atoms with van der Waals surface area (Å²) in [6.07, 6.45) is 4.87. The summed E-state index contributed by atoms with van der Waals surface area (Å²) in [5.74, 6) is 3.90. The molecule has 0 aliphatic heterocycles. The fraction of sp³-hybridized carbons (Fsp3) is 0.429. The second-order valence-electron chi connectivity index (χ2n) is 3.79. The first kappa shape index (κ1) is 14.3. The molecule has 86 valence electrons. The average Bonchev–Trinajstić information content (AvgIpc) is 2.34. The Labute approximate surface area is 126 Å². The molecular weight excluding hydrogens is 422 g/mol. The molecule has 0 amide bonds. The fourth-order valence-corrected chi connectivity index (χ4v) is 2.56. The van der Waals surface area contributed by atoms with Gasteiger partial charge in [-0.15, -0.1) is 0 Å². The van der Waals surface area contributed by atoms with Crippen LogP contribution in [0.15, 0.2) is 30.3 Å². The maximum absolute atomic E-state index is 3.32. The number of benzene rings is 1. The minimum absolute atomic E-state index is 0.576. The van der Waals surface area contributed by atoms with Gasteiger partial charge < -0.3 is 0 Å². The quantitative estimate of drug-likeness (QED) is 0.339. The van der Waals surface area contributed by atoms with Crippen LogP contribution in [0.3, 0.4) is 0 Å². The highest BCUT2D eigenvalue weighted by molar-refractivity contribution is 14.1. The van der Waals surface area contributed by atoms with E-state index >= 15 is 0 Å². The molecule has 1 atom stereocenters. The number of rotatable bonds is 6. The second-order valence-corrected chi connectivity index (χ2v) is 5.41. The number of halogens is 2. The van der Waals surface area contributed by atoms with Crippen molar-refractivity contribution < 1.29 is 0 Å². The van der Waals surface area contributed by atoms with Gasteiger partial charge in [0, 0.05) is 28.5 Å². The summed E-state index contributed by atoms with van der Waals surface area (Å²) in [6, 6.07) is 10.7. The molecule has 0 aliphatic rings. The van der Waals surface area contributed by atoms with Gasteiger partial charge in [0.25, 0.3) is 0 Å². The molecular formula is C14H16I2. The number of hydrogen-bond donors (Lipinski definition) is 0. The van der Waals surface area contributed by atoms with Gasteiger partial charge in [-0.25, -0.2) is 0 Å². The Morgan fingerprint density at radius 3 is 2.50 bits per heavy atom. The van der Waals surface area contributed by atoms with E-state index in [2.05, 4.69) is 85.4 Å². The van der Waals surface area contributed by atoms with E-state index in [0.717, 1.165) is 6.42 Å². The summed E-state index contributed by atoms with van der Waals surface area (Å²) < 4.78 is 4.27. The molecule has 0 nitrogen and oxygen atoms in total. The van der Waals surface area contributed by atoms with Gasteiger partial charge in [-0.05, 0) is 39.6 Å². The van der Waals surface area contributed by atoms with Gasteiger partial charge in [0.05, 0.1) is 0 Å². The van der Waals surface area contributed by atoms with Crippen LogP contribution in [0.25, 0.3) is 0 Å². The third-order valence-electron chi connectivity index (χ3n) is 2.57. The highest BCUT2D eigenvalue weighted by atomic mass is 127. The van der Waals surface area contributed by atoms with Crippen LogP contribution >= 0.6 is 45.2 Å². The molecule has 1 unspecified atom stereocenters. The van der Waals surface area contributed by atoms with Gasteiger partial charge >= 0.3 is 0 Å². The van der Waals surface area contributed by atoms with Crippen molar-refractivity contribution in [2.45, 2.75) is 25.7 Å². The first-order valence-electron chi connectivity index (χ1n) is 5.58. The predicted molar refractivity (Wildman–Crippen MR) is 88.2 cm³/mol. The van der Waals surface area contributed by atoms with Gasteiger partial charge in [-0.3, -0.25) is 0 Å². The molecule has 2 heteroatoms. The Hall–Kier alpha value is 0.240. The van der Waals surface area contributed by atoms with Crippen molar-refractivity contribution >= 4 is 45.2 Å². The van der Waals surface area contributed by atoms with E-state index in [9.17, 15) is 0 Å². The van der Waals surface area contributed by atoms with Gasteiger partial charge in [0.15, 0.2) is 0 Å². The van der Waals surface area contributed by atoms with Crippen LogP contribution in [0.5, 0.6) is 0 Å². The summed E-state index contributed by atoms with van der Waals surface area (Å²) >= 11 is 4.58. The predicted octanol–water partition coefficient (Wildman–Crippen LogP) is 4.85. The van der Waals surface area contributed by atoms with Crippen molar-refractivity contribution in [1.29, 1.82) is 0 Å². The molecule has 0 saturated heterocycles. The summed E-state index contributed by atoms with van der Waals surface area (Å²) in [5.41, 5.74) is 1.43. The van der Waals surface area contributed by atoms with Crippen LogP contribution in [0.1, 0.15) is 24.8 Å². The third-order valence-corrected chi connectivity index (χ3v) is 3.64. The molecule has 1 aromatic carbocycles. The second kappa shape index (κ2) is 9.29. The normalized spacial score (nSPS) is 11.6. The van der Waals surface area contributed by atoms with E-state index in [1.54, 1.807) is 0 Å². The summed E-state index contributed by atoms with van der Waals surface area (Å²) in [6.45, 7) is 0. The highest BCUT2D eigenvalue weighted by Crippen LogP contribution is 2.15. The largest absolute Gasteiger partial charge is 0.0885 e. The Bertz CT molecular complexity index is 335. The monoisotopic (exact) mass is 438 g/mol. The molecule has 0 aliphatic carbocycles. The molecule has 0 aromatic heterocycles. The molecule has 0 fully saturated rings. The van der Waals surface area contributed by atoms with Crippen molar-refractivity contribution in [3.05, 3.63) is 35.9 Å². The fourth-order valence-electron chi connectivity index (χ4n) is 1.67. The van der Waals surface area contributed by atoms with E-state index < -0.39 is 0 Å². The zero-order chi connectivity index (χ0) is 11.6. The maximum atomic E-state index is 3.32. The van der Waals surface area contributed by atoms with Gasteiger partial charge in [0.1, 0.15) is 0 Å². The molecule has 0 spiro atoms. The molecule has 0 radical (unpaired) electrons. The summed E-state index contributed by atoms with van der Waals surface area (Å²) in [4.78, 5) is 0. The van der Waals surface area contributed by atoms with E-state index in [-0.39, 0.29) is 0 Å². The van der Waals surface area contributed by atoms with Crippen LogP contribution in [0.2, 0.25) is 0 Å². The van der Waals surface area contributed by atoms with Gasteiger partial charge in [-0.1, -0.05) is 58.8 Å². The highest BCUT2D eigenvalue weighted by Gasteiger charge is 2.05. The van der Waals surface area contributed by atoms with Gasteiger partial charge in [0.2, 0.25) is 0 Å². The molecule has 16 heavy (non-hydrogen) atoms. The molecule has 0 saturated carbocycles. The first-order chi connectivity index (χ1) is 7.86. The number of aryl methyl sites for hydroxylation is 1. The van der Waals surface area contributed by atoms with Crippen LogP contribution in [0, 0.1) is 15.8 Å². The van der Waals surface area contributed by atoms with Crippen LogP contribution < -0.4 is 0 Å². The Morgan fingerprint density at radius 2 is 1.88 bits per heavy atom. The third kappa shape index (κ3) is 6.09. The zero-order valence-electron chi connectivity index (χ0n) is 9.26. The summed E-state index contributed by atoms with van der Waals surface area (Å²) in [5, 5.41) is 0. The molecule has 0 heterocycles. The Kier molecular flexibility index (Phi) is 8.30.